The highest BCUT2D eigenvalue weighted by molar-refractivity contribution is 5.95. The second kappa shape index (κ2) is 12.1. The maximum absolute atomic E-state index is 13.0. The van der Waals surface area contributed by atoms with Crippen LogP contribution in [0.5, 0.6) is 0 Å². The van der Waals surface area contributed by atoms with Gasteiger partial charge in [-0.2, -0.15) is 10.4 Å². The third-order valence-corrected chi connectivity index (χ3v) is 8.53. The second-order valence-electron chi connectivity index (χ2n) is 11.0. The average molecular weight is 569 g/mol. The highest BCUT2D eigenvalue weighted by atomic mass is 16.2. The molecule has 42 heavy (non-hydrogen) atoms. The lowest BCUT2D eigenvalue weighted by molar-refractivity contribution is -0.130. The summed E-state index contributed by atoms with van der Waals surface area (Å²) in [6.07, 6.45) is 4.84. The number of hydrogen-bond acceptors (Lipinski definition) is 7. The van der Waals surface area contributed by atoms with Crippen molar-refractivity contribution in [2.24, 2.45) is 0 Å². The second-order valence-corrected chi connectivity index (χ2v) is 11.0. The van der Waals surface area contributed by atoms with E-state index in [4.69, 9.17) is 0 Å². The van der Waals surface area contributed by atoms with Crippen molar-refractivity contribution in [3.8, 4) is 6.07 Å². The zero-order valence-corrected chi connectivity index (χ0v) is 24.2. The quantitative estimate of drug-likeness (QED) is 0.323. The van der Waals surface area contributed by atoms with Gasteiger partial charge in [-0.3, -0.25) is 19.5 Å². The Morgan fingerprint density at radius 1 is 1.07 bits per heavy atom. The van der Waals surface area contributed by atoms with Crippen molar-refractivity contribution in [3.05, 3.63) is 81.9 Å². The van der Waals surface area contributed by atoms with Gasteiger partial charge in [0.05, 0.1) is 18.0 Å². The van der Waals surface area contributed by atoms with Gasteiger partial charge in [-0.15, -0.1) is 0 Å². The number of nitriles is 1. The van der Waals surface area contributed by atoms with Gasteiger partial charge < -0.3 is 20.9 Å². The molecule has 1 unspecified atom stereocenters. The van der Waals surface area contributed by atoms with Crippen LogP contribution in [0, 0.1) is 11.3 Å². The Balaban J connectivity index is 1.59. The van der Waals surface area contributed by atoms with Crippen molar-refractivity contribution in [1.29, 1.82) is 5.26 Å². The number of rotatable bonds is 8. The molecule has 1 aromatic heterocycles. The van der Waals surface area contributed by atoms with Gasteiger partial charge in [-0.1, -0.05) is 12.1 Å². The van der Waals surface area contributed by atoms with E-state index in [1.54, 1.807) is 19.0 Å². The standard InChI is InChI=1S/C31H36N8O3/c1-19(35-17-27(40)39-12-4-5-24(39)16-32)15-31(30-36-18-37-38-30)25-10-8-22(28(41)33-2)13-20(25)6-7-21-14-23(29(42)34-3)9-11-26(21)31/h8-11,13-14,18-19,24,35H,4-7,12,15,17H2,1-3H3,(H,33,41)(H,34,42)(H,36,37,38)/t19-,24?/m0/s1. The van der Waals surface area contributed by atoms with Crippen LogP contribution < -0.4 is 16.0 Å². The molecule has 11 heteroatoms. The summed E-state index contributed by atoms with van der Waals surface area (Å²) >= 11 is 0. The van der Waals surface area contributed by atoms with E-state index in [1.165, 1.54) is 6.33 Å². The molecule has 3 aromatic rings. The molecule has 5 rings (SSSR count). The van der Waals surface area contributed by atoms with E-state index in [2.05, 4.69) is 37.2 Å². The molecule has 2 aliphatic rings. The fourth-order valence-corrected chi connectivity index (χ4v) is 6.50. The van der Waals surface area contributed by atoms with E-state index in [0.29, 0.717) is 49.2 Å². The van der Waals surface area contributed by atoms with Crippen molar-refractivity contribution in [2.75, 3.05) is 27.2 Å². The number of nitrogens with zero attached hydrogens (tertiary/aromatic N) is 4. The molecule has 4 N–H and O–H groups in total. The molecule has 11 nitrogen and oxygen atoms in total. The molecule has 3 amide bonds. The molecule has 1 aliphatic carbocycles. The Hall–Kier alpha value is -4.56. The van der Waals surface area contributed by atoms with Crippen molar-refractivity contribution in [3.63, 3.8) is 0 Å². The minimum absolute atomic E-state index is 0.0910. The highest BCUT2D eigenvalue weighted by Gasteiger charge is 2.45. The molecule has 1 fully saturated rings. The zero-order chi connectivity index (χ0) is 29.9. The lowest BCUT2D eigenvalue weighted by atomic mass is 9.67. The molecule has 1 saturated heterocycles. The summed E-state index contributed by atoms with van der Waals surface area (Å²) in [5.74, 6) is 0.207. The van der Waals surface area contributed by atoms with E-state index in [9.17, 15) is 19.6 Å². The molecule has 0 bridgehead atoms. The zero-order valence-electron chi connectivity index (χ0n) is 24.2. The molecule has 0 radical (unpaired) electrons. The SMILES string of the molecule is CNC(=O)c1ccc2c(c1)CCc1cc(C(=O)NC)ccc1C2(C[C@H](C)NCC(=O)N1CCCC1C#N)c1ncn[nH]1. The largest absolute Gasteiger partial charge is 0.355 e. The number of nitrogens with one attached hydrogen (secondary N) is 4. The van der Waals surface area contributed by atoms with Gasteiger partial charge in [-0.05, 0) is 85.5 Å². The predicted molar refractivity (Wildman–Crippen MR) is 156 cm³/mol. The lowest BCUT2D eigenvalue weighted by Gasteiger charge is -2.37. The van der Waals surface area contributed by atoms with E-state index in [1.807, 2.05) is 43.3 Å². The fourth-order valence-electron chi connectivity index (χ4n) is 6.50. The molecule has 1 aliphatic heterocycles. The van der Waals surface area contributed by atoms with E-state index >= 15 is 0 Å². The Kier molecular flexibility index (Phi) is 8.36. The van der Waals surface area contributed by atoms with Crippen LogP contribution in [0.25, 0.3) is 0 Å². The minimum Gasteiger partial charge on any atom is -0.355 e. The summed E-state index contributed by atoms with van der Waals surface area (Å²) in [6.45, 7) is 2.73. The number of likely N-dealkylation sites (tertiary alicyclic amines) is 1. The van der Waals surface area contributed by atoms with Crippen molar-refractivity contribution in [1.82, 2.24) is 36.0 Å². The molecule has 218 valence electrons. The first-order chi connectivity index (χ1) is 20.3. The number of benzene rings is 2. The number of H-pyrrole nitrogens is 1. The summed E-state index contributed by atoms with van der Waals surface area (Å²) in [5, 5.41) is 25.6. The Labute approximate surface area is 245 Å². The van der Waals surface area contributed by atoms with E-state index in [0.717, 1.165) is 28.7 Å². The van der Waals surface area contributed by atoms with Crippen LogP contribution in [0.4, 0.5) is 0 Å². The Morgan fingerprint density at radius 2 is 1.69 bits per heavy atom. The minimum atomic E-state index is -0.821. The summed E-state index contributed by atoms with van der Waals surface area (Å²) < 4.78 is 0. The van der Waals surface area contributed by atoms with Gasteiger partial charge in [-0.25, -0.2) is 4.98 Å². The van der Waals surface area contributed by atoms with Crippen LogP contribution in [0.1, 0.15) is 75.0 Å². The van der Waals surface area contributed by atoms with Crippen LogP contribution in [0.2, 0.25) is 0 Å². The number of fused-ring (bicyclic) bond motifs is 2. The van der Waals surface area contributed by atoms with Gasteiger partial charge in [0.25, 0.3) is 11.8 Å². The number of aromatic nitrogens is 3. The summed E-state index contributed by atoms with van der Waals surface area (Å²) in [7, 11) is 3.22. The number of carbonyl (C=O) groups is 3. The normalized spacial score (nSPS) is 17.8. The molecule has 2 atom stereocenters. The van der Waals surface area contributed by atoms with Gasteiger partial charge in [0.1, 0.15) is 18.2 Å². The average Bonchev–Trinajstić information content (AvgIpc) is 3.71. The van der Waals surface area contributed by atoms with Crippen LogP contribution in [0.3, 0.4) is 0 Å². The number of aromatic amines is 1. The first kappa shape index (κ1) is 29.0. The van der Waals surface area contributed by atoms with Gasteiger partial charge in [0, 0.05) is 37.8 Å². The van der Waals surface area contributed by atoms with Gasteiger partial charge in [0.15, 0.2) is 0 Å². The fraction of sp³-hybridized carbons (Fsp3) is 0.419. The summed E-state index contributed by atoms with van der Waals surface area (Å²) in [5.41, 5.74) is 4.29. The van der Waals surface area contributed by atoms with E-state index in [-0.39, 0.29) is 36.3 Å². The molecule has 0 spiro atoms. The van der Waals surface area contributed by atoms with Crippen LogP contribution in [-0.4, -0.2) is 77.1 Å². The molecule has 0 saturated carbocycles. The summed E-state index contributed by atoms with van der Waals surface area (Å²) in [6, 6.07) is 13.2. The van der Waals surface area contributed by atoms with Crippen LogP contribution in [-0.2, 0) is 23.1 Å². The lowest BCUT2D eigenvalue weighted by Crippen LogP contribution is -2.45. The van der Waals surface area contributed by atoms with Crippen molar-refractivity contribution in [2.45, 2.75) is 56.5 Å². The topological polar surface area (TPSA) is 156 Å². The summed E-state index contributed by atoms with van der Waals surface area (Å²) in [4.78, 5) is 44.5. The predicted octanol–water partition coefficient (Wildman–Crippen LogP) is 1.84. The van der Waals surface area contributed by atoms with Crippen molar-refractivity contribution < 1.29 is 14.4 Å². The Bertz CT molecular complexity index is 1460. The van der Waals surface area contributed by atoms with Crippen LogP contribution in [0.15, 0.2) is 42.7 Å². The maximum Gasteiger partial charge on any atom is 0.251 e. The number of carbonyl (C=O) groups excluding carboxylic acids is 3. The first-order valence-electron chi connectivity index (χ1n) is 14.3. The third-order valence-electron chi connectivity index (χ3n) is 8.53. The number of amides is 3. The molecule has 2 aromatic carbocycles. The van der Waals surface area contributed by atoms with Gasteiger partial charge in [0.2, 0.25) is 5.91 Å². The molecular weight excluding hydrogens is 532 g/mol. The monoisotopic (exact) mass is 568 g/mol. The number of hydrogen-bond donors (Lipinski definition) is 4. The van der Waals surface area contributed by atoms with E-state index < -0.39 is 5.41 Å². The molecule has 2 heterocycles. The molecular formula is C31H36N8O3. The number of aryl methyl sites for hydroxylation is 2. The Morgan fingerprint density at radius 3 is 2.21 bits per heavy atom. The smallest absolute Gasteiger partial charge is 0.251 e. The highest BCUT2D eigenvalue weighted by Crippen LogP contribution is 2.47. The first-order valence-corrected chi connectivity index (χ1v) is 14.3. The van der Waals surface area contributed by atoms with Crippen LogP contribution >= 0.6 is 0 Å². The van der Waals surface area contributed by atoms with Crippen molar-refractivity contribution >= 4 is 17.7 Å². The third kappa shape index (κ3) is 5.25. The van der Waals surface area contributed by atoms with Gasteiger partial charge >= 0.3 is 0 Å². The maximum atomic E-state index is 13.0.